The average Bonchev–Trinajstić information content (AvgIpc) is 1.97. The van der Waals surface area contributed by atoms with Gasteiger partial charge < -0.3 is 0 Å². The zero-order valence-electron chi connectivity index (χ0n) is 7.14. The zero-order valence-corrected chi connectivity index (χ0v) is 8.03. The van der Waals surface area contributed by atoms with Crippen LogP contribution in [0.25, 0.3) is 0 Å². The lowest BCUT2D eigenvalue weighted by Crippen LogP contribution is -1.66. The summed E-state index contributed by atoms with van der Waals surface area (Å²) in [4.78, 5) is 0. The first-order valence-corrected chi connectivity index (χ1v) is 5.38. The van der Waals surface area contributed by atoms with Gasteiger partial charge in [-0.1, -0.05) is 53.6 Å². The van der Waals surface area contributed by atoms with Gasteiger partial charge in [0.2, 0.25) is 0 Å². The van der Waals surface area contributed by atoms with Gasteiger partial charge in [-0.05, 0) is 12.6 Å². The van der Waals surface area contributed by atoms with Gasteiger partial charge in [0.05, 0.1) is 0 Å². The van der Waals surface area contributed by atoms with Crippen molar-refractivity contribution >= 4 is 8.58 Å². The van der Waals surface area contributed by atoms with Gasteiger partial charge >= 0.3 is 0 Å². The minimum absolute atomic E-state index is 1.27. The van der Waals surface area contributed by atoms with Gasteiger partial charge in [0, 0.05) is 0 Å². The van der Waals surface area contributed by atoms with E-state index in [0.29, 0.717) is 0 Å². The molecule has 0 saturated carbocycles. The molecule has 0 N–H and O–H groups in total. The maximum Gasteiger partial charge on any atom is -0.0252 e. The summed E-state index contributed by atoms with van der Waals surface area (Å²) >= 11 is 0. The monoisotopic (exact) mass is 157 g/mol. The predicted octanol–water partition coefficient (Wildman–Crippen LogP) is 4.05. The summed E-state index contributed by atoms with van der Waals surface area (Å²) in [6.07, 6.45) is 8.86. The van der Waals surface area contributed by atoms with Crippen molar-refractivity contribution in [1.82, 2.24) is 0 Å². The number of hydrogen-bond acceptors (Lipinski definition) is 0. The lowest BCUT2D eigenvalue weighted by atomic mass is 10.2. The quantitative estimate of drug-likeness (QED) is 0.403. The molecule has 0 aromatic rings. The summed E-state index contributed by atoms with van der Waals surface area (Å²) in [5, 5.41) is 0. The lowest BCUT2D eigenvalue weighted by Gasteiger charge is -1.88. The Kier molecular flexibility index (Phi) is 9.33. The van der Waals surface area contributed by atoms with Crippen LogP contribution in [-0.2, 0) is 0 Å². The molecule has 59 valence electrons. The Morgan fingerprint density at radius 1 is 1.20 bits per heavy atom. The van der Waals surface area contributed by atoms with E-state index in [1.54, 1.807) is 0 Å². The van der Waals surface area contributed by atoms with Gasteiger partial charge in [-0.2, -0.15) is 0 Å². The molecule has 0 bridgehead atoms. The van der Waals surface area contributed by atoms with Crippen molar-refractivity contribution in [3.05, 3.63) is 11.9 Å². The van der Waals surface area contributed by atoms with Crippen molar-refractivity contribution in [3.8, 4) is 0 Å². The van der Waals surface area contributed by atoms with Crippen molar-refractivity contribution in [1.29, 1.82) is 0 Å². The van der Waals surface area contributed by atoms with Crippen molar-refractivity contribution < 1.29 is 0 Å². The van der Waals surface area contributed by atoms with Gasteiger partial charge in [-0.3, -0.25) is 0 Å². The molecule has 0 aliphatic rings. The smallest absolute Gasteiger partial charge is 0.0252 e. The zero-order chi connectivity index (χ0) is 7.66. The number of rotatable bonds is 6. The summed E-state index contributed by atoms with van der Waals surface area (Å²) in [6.45, 7) is 4.46. The van der Waals surface area contributed by atoms with Crippen LogP contribution in [0.4, 0.5) is 0 Å². The molecular formula is C9H18P. The van der Waals surface area contributed by atoms with Crippen LogP contribution in [0.1, 0.15) is 39.5 Å². The summed E-state index contributed by atoms with van der Waals surface area (Å²) in [5.74, 6) is 2.29. The highest BCUT2D eigenvalue weighted by Crippen LogP contribution is 2.13. The van der Waals surface area contributed by atoms with Crippen LogP contribution in [0.2, 0.25) is 0 Å². The van der Waals surface area contributed by atoms with E-state index in [0.717, 1.165) is 0 Å². The number of allylic oxidation sites excluding steroid dienone is 1. The van der Waals surface area contributed by atoms with E-state index in [1.807, 2.05) is 0 Å². The van der Waals surface area contributed by atoms with Gasteiger partial charge in [0.15, 0.2) is 0 Å². The van der Waals surface area contributed by atoms with E-state index in [9.17, 15) is 0 Å². The number of unbranched alkanes of at least 4 members (excludes halogenated alkanes) is 2. The maximum atomic E-state index is 2.31. The third-order valence-electron chi connectivity index (χ3n) is 1.29. The molecule has 0 unspecified atom stereocenters. The molecule has 1 radical (unpaired) electrons. The highest BCUT2D eigenvalue weighted by atomic mass is 31.1. The molecule has 0 heterocycles. The molecule has 0 amide bonds. The van der Waals surface area contributed by atoms with Crippen molar-refractivity contribution in [2.45, 2.75) is 39.5 Å². The predicted molar refractivity (Wildman–Crippen MR) is 50.7 cm³/mol. The third-order valence-corrected chi connectivity index (χ3v) is 2.41. The van der Waals surface area contributed by atoms with Crippen LogP contribution in [0.5, 0.6) is 0 Å². The minimum atomic E-state index is 1.27. The SMILES string of the molecule is CCCCC=C[P]CCC. The molecule has 0 aliphatic carbocycles. The second-order valence-corrected chi connectivity index (χ2v) is 3.54. The van der Waals surface area contributed by atoms with Gasteiger partial charge in [-0.25, -0.2) is 0 Å². The summed E-state index contributed by atoms with van der Waals surface area (Å²) in [5.41, 5.74) is 0. The molecular weight excluding hydrogens is 139 g/mol. The maximum absolute atomic E-state index is 2.31. The van der Waals surface area contributed by atoms with E-state index in [1.165, 1.54) is 40.4 Å². The molecule has 0 nitrogen and oxygen atoms in total. The standard InChI is InChI=1S/C9H18P/c1-3-5-6-7-9-10-8-4-2/h7,9H,3-6,8H2,1-2H3. The Bertz CT molecular complexity index is 66.8. The van der Waals surface area contributed by atoms with E-state index in [4.69, 9.17) is 0 Å². The summed E-state index contributed by atoms with van der Waals surface area (Å²) < 4.78 is 0. The fraction of sp³-hybridized carbons (Fsp3) is 0.778. The lowest BCUT2D eigenvalue weighted by molar-refractivity contribution is 0.815. The third kappa shape index (κ3) is 8.17. The second kappa shape index (κ2) is 9.17. The Labute approximate surface area is 66.9 Å². The van der Waals surface area contributed by atoms with E-state index in [2.05, 4.69) is 25.7 Å². The molecule has 0 rings (SSSR count). The van der Waals surface area contributed by atoms with Gasteiger partial charge in [0.1, 0.15) is 0 Å². The Hall–Kier alpha value is 0.170. The van der Waals surface area contributed by atoms with Crippen LogP contribution in [0, 0.1) is 0 Å². The first-order valence-electron chi connectivity index (χ1n) is 4.23. The normalized spacial score (nSPS) is 12.2. The molecule has 0 saturated heterocycles. The Balaban J connectivity index is 2.89. The van der Waals surface area contributed by atoms with Crippen LogP contribution in [0.15, 0.2) is 11.9 Å². The molecule has 0 spiro atoms. The first-order chi connectivity index (χ1) is 4.91. The van der Waals surface area contributed by atoms with Crippen molar-refractivity contribution in [2.24, 2.45) is 0 Å². The van der Waals surface area contributed by atoms with E-state index >= 15 is 0 Å². The fourth-order valence-electron chi connectivity index (χ4n) is 0.675. The number of hydrogen-bond donors (Lipinski definition) is 0. The average molecular weight is 157 g/mol. The van der Waals surface area contributed by atoms with Crippen LogP contribution in [-0.4, -0.2) is 6.16 Å². The fourth-order valence-corrected chi connectivity index (χ4v) is 1.38. The molecule has 0 aromatic heterocycles. The van der Waals surface area contributed by atoms with Gasteiger partial charge in [-0.15, -0.1) is 0 Å². The minimum Gasteiger partial charge on any atom is -0.0837 e. The van der Waals surface area contributed by atoms with E-state index in [-0.39, 0.29) is 0 Å². The largest absolute Gasteiger partial charge is 0.0837 e. The van der Waals surface area contributed by atoms with Crippen LogP contribution >= 0.6 is 8.58 Å². The topological polar surface area (TPSA) is 0 Å². The summed E-state index contributed by atoms with van der Waals surface area (Å²) in [7, 11) is 1.49. The van der Waals surface area contributed by atoms with Crippen molar-refractivity contribution in [2.75, 3.05) is 6.16 Å². The first kappa shape index (κ1) is 10.2. The highest BCUT2D eigenvalue weighted by molar-refractivity contribution is 7.41. The van der Waals surface area contributed by atoms with E-state index < -0.39 is 0 Å². The molecule has 0 aromatic carbocycles. The van der Waals surface area contributed by atoms with Gasteiger partial charge in [0.25, 0.3) is 0 Å². The van der Waals surface area contributed by atoms with Crippen LogP contribution < -0.4 is 0 Å². The molecule has 0 aliphatic heterocycles. The summed E-state index contributed by atoms with van der Waals surface area (Å²) in [6, 6.07) is 0. The second-order valence-electron chi connectivity index (χ2n) is 2.43. The molecule has 0 fully saturated rings. The molecule has 10 heavy (non-hydrogen) atoms. The van der Waals surface area contributed by atoms with Crippen LogP contribution in [0.3, 0.4) is 0 Å². The highest BCUT2D eigenvalue weighted by Gasteiger charge is 1.79. The Morgan fingerprint density at radius 2 is 2.00 bits per heavy atom. The van der Waals surface area contributed by atoms with Crippen molar-refractivity contribution in [3.63, 3.8) is 0 Å². The Morgan fingerprint density at radius 3 is 2.60 bits per heavy atom. The molecule has 1 heteroatoms. The molecule has 0 atom stereocenters.